The van der Waals surface area contributed by atoms with E-state index in [-0.39, 0.29) is 11.3 Å². The van der Waals surface area contributed by atoms with Crippen molar-refractivity contribution in [2.75, 3.05) is 5.32 Å². The van der Waals surface area contributed by atoms with E-state index in [4.69, 9.17) is 9.88 Å². The summed E-state index contributed by atoms with van der Waals surface area (Å²) in [6.45, 7) is 1.46. The van der Waals surface area contributed by atoms with Gasteiger partial charge in [-0.2, -0.15) is 0 Å². The number of nitrogens with one attached hydrogen (secondary N) is 1. The van der Waals surface area contributed by atoms with Crippen LogP contribution in [-0.4, -0.2) is 26.4 Å². The molecule has 0 spiro atoms. The van der Waals surface area contributed by atoms with Gasteiger partial charge in [-0.25, -0.2) is 13.6 Å². The number of nitrogens with two attached hydrogens (primary N) is 1. The Morgan fingerprint density at radius 3 is 2.31 bits per heavy atom. The van der Waals surface area contributed by atoms with E-state index in [1.54, 1.807) is 0 Å². The average Bonchev–Trinajstić information content (AvgIpc) is 2.67. The van der Waals surface area contributed by atoms with Crippen molar-refractivity contribution in [2.24, 2.45) is 5.14 Å². The molecule has 0 aliphatic rings. The fourth-order valence-electron chi connectivity index (χ4n) is 2.78. The first-order valence-electron chi connectivity index (χ1n) is 8.83. The molecule has 8 heteroatoms. The number of sulfonamides is 1. The van der Waals surface area contributed by atoms with Gasteiger partial charge in [0.25, 0.3) is 5.91 Å². The molecule has 0 aromatic heterocycles. The summed E-state index contributed by atoms with van der Waals surface area (Å²) in [6, 6.07) is 18.9. The maximum absolute atomic E-state index is 12.2. The maximum Gasteiger partial charge on any atom is 0.311 e. The molecule has 3 N–H and O–H groups in total. The van der Waals surface area contributed by atoms with Crippen molar-refractivity contribution in [3.63, 3.8) is 0 Å². The van der Waals surface area contributed by atoms with Gasteiger partial charge in [0.05, 0.1) is 11.3 Å². The van der Waals surface area contributed by atoms with Crippen LogP contribution in [0, 0.1) is 0 Å². The van der Waals surface area contributed by atoms with Crippen LogP contribution in [-0.2, 0) is 30.8 Å². The highest BCUT2D eigenvalue weighted by atomic mass is 32.2. The summed E-state index contributed by atoms with van der Waals surface area (Å²) in [6.07, 6.45) is -0.966. The van der Waals surface area contributed by atoms with Gasteiger partial charge in [0.1, 0.15) is 0 Å². The Morgan fingerprint density at radius 2 is 1.66 bits per heavy atom. The molecular formula is C21H20N2O5S. The van der Waals surface area contributed by atoms with Crippen LogP contribution >= 0.6 is 0 Å². The van der Waals surface area contributed by atoms with Crippen LogP contribution in [0.2, 0.25) is 0 Å². The fraction of sp³-hybridized carbons (Fsp3) is 0.143. The largest absolute Gasteiger partial charge is 0.452 e. The highest BCUT2D eigenvalue weighted by molar-refractivity contribution is 7.89. The van der Waals surface area contributed by atoms with Crippen molar-refractivity contribution >= 4 is 38.4 Å². The van der Waals surface area contributed by atoms with Gasteiger partial charge < -0.3 is 10.1 Å². The maximum atomic E-state index is 12.2. The van der Waals surface area contributed by atoms with E-state index in [1.807, 2.05) is 42.5 Å². The van der Waals surface area contributed by atoms with Crippen molar-refractivity contribution < 1.29 is 22.7 Å². The van der Waals surface area contributed by atoms with Gasteiger partial charge in [-0.1, -0.05) is 42.5 Å². The lowest BCUT2D eigenvalue weighted by atomic mass is 10.1. The first-order chi connectivity index (χ1) is 13.7. The minimum atomic E-state index is -3.81. The Labute approximate surface area is 168 Å². The van der Waals surface area contributed by atoms with Crippen LogP contribution in [0.5, 0.6) is 0 Å². The number of hydrogen-bond acceptors (Lipinski definition) is 5. The minimum Gasteiger partial charge on any atom is -0.452 e. The first-order valence-corrected chi connectivity index (χ1v) is 10.4. The van der Waals surface area contributed by atoms with E-state index in [1.165, 1.54) is 31.2 Å². The number of rotatable bonds is 6. The summed E-state index contributed by atoms with van der Waals surface area (Å²) in [4.78, 5) is 24.3. The van der Waals surface area contributed by atoms with E-state index in [0.717, 1.165) is 16.3 Å². The smallest absolute Gasteiger partial charge is 0.311 e. The third-order valence-electron chi connectivity index (χ3n) is 4.29. The summed E-state index contributed by atoms with van der Waals surface area (Å²) < 4.78 is 27.7. The molecular weight excluding hydrogens is 392 g/mol. The number of fused-ring (bicyclic) bond motifs is 1. The van der Waals surface area contributed by atoms with Crippen LogP contribution in [0.15, 0.2) is 71.6 Å². The zero-order valence-electron chi connectivity index (χ0n) is 15.7. The molecule has 0 unspecified atom stereocenters. The van der Waals surface area contributed by atoms with Gasteiger partial charge in [-0.3, -0.25) is 9.59 Å². The molecule has 0 aliphatic carbocycles. The average molecular weight is 412 g/mol. The number of esters is 1. The summed E-state index contributed by atoms with van der Waals surface area (Å²) in [5.74, 6) is -1.05. The molecule has 0 saturated carbocycles. The summed E-state index contributed by atoms with van der Waals surface area (Å²) in [5.41, 5.74) is 1.15. The Bertz CT molecular complexity index is 1160. The molecule has 0 saturated heterocycles. The van der Waals surface area contributed by atoms with E-state index in [9.17, 15) is 18.0 Å². The van der Waals surface area contributed by atoms with Crippen LogP contribution in [0.3, 0.4) is 0 Å². The minimum absolute atomic E-state index is 0.0471. The van der Waals surface area contributed by atoms with Crippen molar-refractivity contribution in [3.05, 3.63) is 72.3 Å². The Balaban J connectivity index is 1.57. The van der Waals surface area contributed by atoms with Gasteiger partial charge >= 0.3 is 5.97 Å². The second-order valence-corrected chi connectivity index (χ2v) is 8.11. The molecule has 150 valence electrons. The normalized spacial score (nSPS) is 12.3. The molecule has 3 aromatic carbocycles. The quantitative estimate of drug-likeness (QED) is 0.604. The summed E-state index contributed by atoms with van der Waals surface area (Å²) >= 11 is 0. The first kappa shape index (κ1) is 20.5. The van der Waals surface area contributed by atoms with E-state index in [0.29, 0.717) is 5.69 Å². The van der Waals surface area contributed by atoms with E-state index < -0.39 is 28.0 Å². The van der Waals surface area contributed by atoms with Gasteiger partial charge in [0.15, 0.2) is 6.10 Å². The number of carbonyl (C=O) groups excluding carboxylic acids is 2. The lowest BCUT2D eigenvalue weighted by molar-refractivity contribution is -0.152. The van der Waals surface area contributed by atoms with Crippen LogP contribution in [0.4, 0.5) is 5.69 Å². The van der Waals surface area contributed by atoms with E-state index >= 15 is 0 Å². The SMILES string of the molecule is C[C@H](OC(=O)Cc1ccc2ccccc2c1)C(=O)Nc1ccc(S(N)(=O)=O)cc1. The molecule has 3 aromatic rings. The van der Waals surface area contributed by atoms with Crippen molar-refractivity contribution in [1.82, 2.24) is 0 Å². The number of amides is 1. The second kappa shape index (κ2) is 8.42. The zero-order chi connectivity index (χ0) is 21.0. The van der Waals surface area contributed by atoms with Crippen LogP contribution in [0.1, 0.15) is 12.5 Å². The molecule has 0 fully saturated rings. The molecule has 29 heavy (non-hydrogen) atoms. The molecule has 7 nitrogen and oxygen atoms in total. The lowest BCUT2D eigenvalue weighted by Crippen LogP contribution is -2.30. The van der Waals surface area contributed by atoms with Gasteiger partial charge in [-0.05, 0) is 47.5 Å². The van der Waals surface area contributed by atoms with Crippen LogP contribution in [0.25, 0.3) is 10.8 Å². The van der Waals surface area contributed by atoms with Gasteiger partial charge in [0.2, 0.25) is 10.0 Å². The van der Waals surface area contributed by atoms with E-state index in [2.05, 4.69) is 5.32 Å². The predicted molar refractivity (Wildman–Crippen MR) is 110 cm³/mol. The Morgan fingerprint density at radius 1 is 1.00 bits per heavy atom. The molecule has 0 radical (unpaired) electrons. The number of anilines is 1. The topological polar surface area (TPSA) is 116 Å². The molecule has 0 aliphatic heterocycles. The number of ether oxygens (including phenoxy) is 1. The molecule has 0 heterocycles. The van der Waals surface area contributed by atoms with Crippen LogP contribution < -0.4 is 10.5 Å². The van der Waals surface area contributed by atoms with Crippen molar-refractivity contribution in [3.8, 4) is 0 Å². The highest BCUT2D eigenvalue weighted by Crippen LogP contribution is 2.17. The van der Waals surface area contributed by atoms with Crippen molar-refractivity contribution in [2.45, 2.75) is 24.3 Å². The monoisotopic (exact) mass is 412 g/mol. The third-order valence-corrected chi connectivity index (χ3v) is 5.22. The molecule has 1 amide bonds. The number of hydrogen-bond donors (Lipinski definition) is 2. The number of carbonyl (C=O) groups is 2. The standard InChI is InChI=1S/C21H20N2O5S/c1-14(21(25)23-18-8-10-19(11-9-18)29(22,26)27)28-20(24)13-15-6-7-16-4-2-3-5-17(16)12-15/h2-12,14H,13H2,1H3,(H,23,25)(H2,22,26,27)/t14-/m0/s1. The highest BCUT2D eigenvalue weighted by Gasteiger charge is 2.18. The van der Waals surface area contributed by atoms with Gasteiger partial charge in [-0.15, -0.1) is 0 Å². The molecule has 3 rings (SSSR count). The Kier molecular flexibility index (Phi) is 5.95. The summed E-state index contributed by atoms with van der Waals surface area (Å²) in [7, 11) is -3.81. The molecule has 0 bridgehead atoms. The lowest BCUT2D eigenvalue weighted by Gasteiger charge is -2.14. The second-order valence-electron chi connectivity index (χ2n) is 6.55. The fourth-order valence-corrected chi connectivity index (χ4v) is 3.30. The summed E-state index contributed by atoms with van der Waals surface area (Å²) in [5, 5.41) is 9.69. The predicted octanol–water partition coefficient (Wildman–Crippen LogP) is 2.60. The Hall–Kier alpha value is -3.23. The number of primary sulfonamides is 1. The van der Waals surface area contributed by atoms with Gasteiger partial charge in [0, 0.05) is 5.69 Å². The third kappa shape index (κ3) is 5.40. The van der Waals surface area contributed by atoms with Crippen molar-refractivity contribution in [1.29, 1.82) is 0 Å². The molecule has 1 atom stereocenters. The zero-order valence-corrected chi connectivity index (χ0v) is 16.5. The number of benzene rings is 3.